The Bertz CT molecular complexity index is 311. The minimum absolute atomic E-state index is 0.0580. The second-order valence-corrected chi connectivity index (χ2v) is 4.12. The third-order valence-corrected chi connectivity index (χ3v) is 3.13. The molecule has 0 saturated heterocycles. The highest BCUT2D eigenvalue weighted by atomic mass is 79.9. The number of aromatic nitrogens is 1. The van der Waals surface area contributed by atoms with Crippen molar-refractivity contribution >= 4 is 15.9 Å². The molecule has 0 spiro atoms. The summed E-state index contributed by atoms with van der Waals surface area (Å²) < 4.78 is 13.9. The van der Waals surface area contributed by atoms with Crippen LogP contribution in [0.15, 0.2) is 16.9 Å². The summed E-state index contributed by atoms with van der Waals surface area (Å²) in [6.45, 7) is 0. The molecule has 1 heterocycles. The zero-order valence-electron chi connectivity index (χ0n) is 6.87. The van der Waals surface area contributed by atoms with Crippen LogP contribution in [-0.2, 0) is 0 Å². The molecule has 4 heteroatoms. The SMILES string of the molecule is OC1CCC1c1c(F)cncc1Br. The number of aliphatic hydroxyl groups is 1. The van der Waals surface area contributed by atoms with Crippen LogP contribution in [0.1, 0.15) is 24.3 Å². The zero-order valence-corrected chi connectivity index (χ0v) is 8.46. The van der Waals surface area contributed by atoms with Gasteiger partial charge >= 0.3 is 0 Å². The predicted octanol–water partition coefficient (Wildman–Crippen LogP) is 2.22. The monoisotopic (exact) mass is 245 g/mol. The molecule has 1 aliphatic carbocycles. The standard InChI is InChI=1S/C9H9BrFNO/c10-6-3-12-4-7(11)9(6)5-1-2-8(5)13/h3-5,8,13H,1-2H2. The third-order valence-electron chi connectivity index (χ3n) is 2.50. The third kappa shape index (κ3) is 1.48. The van der Waals surface area contributed by atoms with E-state index in [0.717, 1.165) is 12.8 Å². The molecule has 13 heavy (non-hydrogen) atoms. The molecule has 2 unspecified atom stereocenters. The number of rotatable bonds is 1. The van der Waals surface area contributed by atoms with Gasteiger partial charge in [0.1, 0.15) is 5.82 Å². The number of hydrogen-bond acceptors (Lipinski definition) is 2. The highest BCUT2D eigenvalue weighted by Gasteiger charge is 2.33. The second-order valence-electron chi connectivity index (χ2n) is 3.27. The van der Waals surface area contributed by atoms with Crippen molar-refractivity contribution in [1.82, 2.24) is 4.98 Å². The van der Waals surface area contributed by atoms with Gasteiger partial charge in [-0.1, -0.05) is 0 Å². The molecule has 0 bridgehead atoms. The van der Waals surface area contributed by atoms with Gasteiger partial charge in [0, 0.05) is 22.2 Å². The Morgan fingerprint density at radius 3 is 2.69 bits per heavy atom. The molecule has 1 fully saturated rings. The van der Waals surface area contributed by atoms with Gasteiger partial charge in [0.25, 0.3) is 0 Å². The number of halogens is 2. The first-order valence-corrected chi connectivity index (χ1v) is 4.96. The number of nitrogens with zero attached hydrogens (tertiary/aromatic N) is 1. The van der Waals surface area contributed by atoms with E-state index in [-0.39, 0.29) is 11.7 Å². The van der Waals surface area contributed by atoms with E-state index in [1.54, 1.807) is 6.20 Å². The Balaban J connectivity index is 2.38. The van der Waals surface area contributed by atoms with Crippen molar-refractivity contribution in [2.45, 2.75) is 24.9 Å². The first-order valence-electron chi connectivity index (χ1n) is 4.17. The first-order chi connectivity index (χ1) is 6.20. The lowest BCUT2D eigenvalue weighted by molar-refractivity contribution is 0.0640. The van der Waals surface area contributed by atoms with Gasteiger partial charge in [-0.2, -0.15) is 0 Å². The molecule has 1 saturated carbocycles. The molecule has 1 aromatic heterocycles. The van der Waals surface area contributed by atoms with Crippen molar-refractivity contribution in [3.8, 4) is 0 Å². The molecule has 70 valence electrons. The number of pyridine rings is 1. The highest BCUT2D eigenvalue weighted by molar-refractivity contribution is 9.10. The Labute approximate surface area is 83.9 Å². The Morgan fingerprint density at radius 2 is 2.23 bits per heavy atom. The van der Waals surface area contributed by atoms with E-state index in [9.17, 15) is 9.50 Å². The molecule has 0 aliphatic heterocycles. The lowest BCUT2D eigenvalue weighted by atomic mass is 9.77. The van der Waals surface area contributed by atoms with E-state index in [1.807, 2.05) is 0 Å². The maximum absolute atomic E-state index is 13.3. The van der Waals surface area contributed by atoms with Crippen molar-refractivity contribution in [2.75, 3.05) is 0 Å². The smallest absolute Gasteiger partial charge is 0.146 e. The molecule has 0 aromatic carbocycles. The Kier molecular flexibility index (Phi) is 2.34. The summed E-state index contributed by atoms with van der Waals surface area (Å²) in [6.07, 6.45) is 3.96. The van der Waals surface area contributed by atoms with Gasteiger partial charge in [-0.05, 0) is 28.8 Å². The van der Waals surface area contributed by atoms with E-state index in [1.165, 1.54) is 6.20 Å². The quantitative estimate of drug-likeness (QED) is 0.824. The average Bonchev–Trinajstić information content (AvgIpc) is 2.09. The molecular weight excluding hydrogens is 237 g/mol. The summed E-state index contributed by atoms with van der Waals surface area (Å²) >= 11 is 3.24. The Morgan fingerprint density at radius 1 is 1.46 bits per heavy atom. The number of hydrogen-bond donors (Lipinski definition) is 1. The lowest BCUT2D eigenvalue weighted by Gasteiger charge is -2.33. The van der Waals surface area contributed by atoms with E-state index >= 15 is 0 Å². The summed E-state index contributed by atoms with van der Waals surface area (Å²) in [6, 6.07) is 0. The molecule has 1 N–H and O–H groups in total. The molecule has 2 rings (SSSR count). The topological polar surface area (TPSA) is 33.1 Å². The van der Waals surface area contributed by atoms with E-state index in [0.29, 0.717) is 10.0 Å². The van der Waals surface area contributed by atoms with Crippen LogP contribution < -0.4 is 0 Å². The summed E-state index contributed by atoms with van der Waals surface area (Å²) in [5.74, 6) is -0.393. The second kappa shape index (κ2) is 3.35. The summed E-state index contributed by atoms with van der Waals surface area (Å²) in [5, 5.41) is 9.40. The fourth-order valence-corrected chi connectivity index (χ4v) is 2.20. The molecule has 1 aliphatic rings. The normalized spacial score (nSPS) is 27.0. The van der Waals surface area contributed by atoms with Crippen LogP contribution in [0.25, 0.3) is 0 Å². The van der Waals surface area contributed by atoms with Crippen molar-refractivity contribution < 1.29 is 9.50 Å². The van der Waals surface area contributed by atoms with Gasteiger partial charge in [0.05, 0.1) is 12.3 Å². The van der Waals surface area contributed by atoms with E-state index in [4.69, 9.17) is 0 Å². The molecule has 0 amide bonds. The molecular formula is C9H9BrFNO. The van der Waals surface area contributed by atoms with Gasteiger partial charge in [-0.15, -0.1) is 0 Å². The lowest BCUT2D eigenvalue weighted by Crippen LogP contribution is -2.30. The maximum Gasteiger partial charge on any atom is 0.146 e. The van der Waals surface area contributed by atoms with Gasteiger partial charge in [-0.3, -0.25) is 4.98 Å². The van der Waals surface area contributed by atoms with Crippen LogP contribution in [0.4, 0.5) is 4.39 Å². The van der Waals surface area contributed by atoms with Crippen molar-refractivity contribution in [2.24, 2.45) is 0 Å². The zero-order chi connectivity index (χ0) is 9.42. The van der Waals surface area contributed by atoms with Gasteiger partial charge < -0.3 is 5.11 Å². The van der Waals surface area contributed by atoms with Gasteiger partial charge in [0.2, 0.25) is 0 Å². The Hall–Kier alpha value is -0.480. The maximum atomic E-state index is 13.3. The van der Waals surface area contributed by atoms with Gasteiger partial charge in [-0.25, -0.2) is 4.39 Å². The molecule has 1 aromatic rings. The molecule has 0 radical (unpaired) electrons. The molecule has 2 atom stereocenters. The van der Waals surface area contributed by atoms with E-state index in [2.05, 4.69) is 20.9 Å². The van der Waals surface area contributed by atoms with Crippen molar-refractivity contribution in [1.29, 1.82) is 0 Å². The fourth-order valence-electron chi connectivity index (χ4n) is 1.59. The van der Waals surface area contributed by atoms with Crippen LogP contribution >= 0.6 is 15.9 Å². The molecule has 2 nitrogen and oxygen atoms in total. The van der Waals surface area contributed by atoms with Crippen molar-refractivity contribution in [3.63, 3.8) is 0 Å². The van der Waals surface area contributed by atoms with Crippen LogP contribution in [-0.4, -0.2) is 16.2 Å². The van der Waals surface area contributed by atoms with E-state index < -0.39 is 6.10 Å². The minimum atomic E-state index is -0.395. The summed E-state index contributed by atoms with van der Waals surface area (Å²) in [5.41, 5.74) is 0.564. The predicted molar refractivity (Wildman–Crippen MR) is 49.9 cm³/mol. The van der Waals surface area contributed by atoms with Gasteiger partial charge in [0.15, 0.2) is 0 Å². The van der Waals surface area contributed by atoms with Crippen LogP contribution in [0, 0.1) is 5.82 Å². The highest BCUT2D eigenvalue weighted by Crippen LogP contribution is 2.40. The average molecular weight is 246 g/mol. The van der Waals surface area contributed by atoms with Crippen molar-refractivity contribution in [3.05, 3.63) is 28.2 Å². The summed E-state index contributed by atoms with van der Waals surface area (Å²) in [4.78, 5) is 3.71. The fraction of sp³-hybridized carbons (Fsp3) is 0.444. The van der Waals surface area contributed by atoms with Crippen LogP contribution in [0.2, 0.25) is 0 Å². The minimum Gasteiger partial charge on any atom is -0.392 e. The van der Waals surface area contributed by atoms with Crippen LogP contribution in [0.5, 0.6) is 0 Å². The van der Waals surface area contributed by atoms with Crippen LogP contribution in [0.3, 0.4) is 0 Å². The first kappa shape index (κ1) is 9.09. The summed E-state index contributed by atoms with van der Waals surface area (Å²) in [7, 11) is 0. The largest absolute Gasteiger partial charge is 0.392 e. The number of aliphatic hydroxyl groups excluding tert-OH is 1.